The monoisotopic (exact) mass is 275 g/mol. The Hall–Kier alpha value is -1.35. The zero-order valence-electron chi connectivity index (χ0n) is 12.5. The molecular formula is C17H25NO2. The second-order valence-corrected chi connectivity index (χ2v) is 5.54. The Morgan fingerprint density at radius 1 is 1.30 bits per heavy atom. The van der Waals surface area contributed by atoms with Gasteiger partial charge in [0, 0.05) is 6.04 Å². The van der Waals surface area contributed by atoms with E-state index in [1.165, 1.54) is 19.3 Å². The Morgan fingerprint density at radius 3 is 2.65 bits per heavy atom. The molecule has 1 saturated carbocycles. The second kappa shape index (κ2) is 7.44. The lowest BCUT2D eigenvalue weighted by molar-refractivity contribution is -0.146. The van der Waals surface area contributed by atoms with Crippen LogP contribution in [0.5, 0.6) is 0 Å². The molecule has 0 spiro atoms. The lowest BCUT2D eigenvalue weighted by Crippen LogP contribution is -2.39. The van der Waals surface area contributed by atoms with E-state index in [1.807, 2.05) is 38.1 Å². The molecule has 1 aliphatic carbocycles. The van der Waals surface area contributed by atoms with E-state index in [0.29, 0.717) is 12.6 Å². The smallest absolute Gasteiger partial charge is 0.327 e. The molecule has 0 aliphatic heterocycles. The van der Waals surface area contributed by atoms with E-state index in [2.05, 4.69) is 5.32 Å². The number of hydrogen-bond acceptors (Lipinski definition) is 3. The van der Waals surface area contributed by atoms with Crippen molar-refractivity contribution in [2.75, 3.05) is 6.61 Å². The first kappa shape index (κ1) is 15.0. The molecule has 0 heterocycles. The van der Waals surface area contributed by atoms with Crippen LogP contribution < -0.4 is 5.32 Å². The summed E-state index contributed by atoms with van der Waals surface area (Å²) in [6, 6.07) is 8.15. The summed E-state index contributed by atoms with van der Waals surface area (Å²) in [5, 5.41) is 3.52. The van der Waals surface area contributed by atoms with Gasteiger partial charge in [-0.2, -0.15) is 0 Å². The van der Waals surface area contributed by atoms with Gasteiger partial charge in [0.05, 0.1) is 6.61 Å². The number of hydrogen-bond donors (Lipinski definition) is 1. The van der Waals surface area contributed by atoms with Crippen molar-refractivity contribution in [3.8, 4) is 0 Å². The van der Waals surface area contributed by atoms with Crippen molar-refractivity contribution in [1.29, 1.82) is 0 Å². The van der Waals surface area contributed by atoms with Gasteiger partial charge in [-0.15, -0.1) is 0 Å². The zero-order valence-corrected chi connectivity index (χ0v) is 12.5. The van der Waals surface area contributed by atoms with Crippen LogP contribution in [-0.2, 0) is 9.53 Å². The first-order valence-corrected chi connectivity index (χ1v) is 7.70. The van der Waals surface area contributed by atoms with Gasteiger partial charge < -0.3 is 4.74 Å². The molecule has 1 aromatic carbocycles. The van der Waals surface area contributed by atoms with Crippen LogP contribution in [0.15, 0.2) is 24.3 Å². The van der Waals surface area contributed by atoms with Crippen molar-refractivity contribution in [1.82, 2.24) is 5.32 Å². The Bertz CT molecular complexity index is 438. The van der Waals surface area contributed by atoms with Gasteiger partial charge in [0.15, 0.2) is 0 Å². The molecule has 0 saturated heterocycles. The Labute approximate surface area is 121 Å². The third kappa shape index (κ3) is 3.83. The minimum Gasteiger partial charge on any atom is -0.465 e. The zero-order chi connectivity index (χ0) is 14.4. The summed E-state index contributed by atoms with van der Waals surface area (Å²) in [7, 11) is 0. The van der Waals surface area contributed by atoms with Crippen molar-refractivity contribution < 1.29 is 9.53 Å². The van der Waals surface area contributed by atoms with Crippen LogP contribution >= 0.6 is 0 Å². The van der Waals surface area contributed by atoms with Crippen LogP contribution in [0, 0.1) is 6.92 Å². The molecule has 3 nitrogen and oxygen atoms in total. The summed E-state index contributed by atoms with van der Waals surface area (Å²) in [5.74, 6) is -0.160. The van der Waals surface area contributed by atoms with Crippen molar-refractivity contribution >= 4 is 5.97 Å². The normalized spacial score (nSPS) is 17.7. The highest BCUT2D eigenvalue weighted by molar-refractivity contribution is 5.78. The molecule has 1 N–H and O–H groups in total. The van der Waals surface area contributed by atoms with Crippen molar-refractivity contribution in [3.63, 3.8) is 0 Å². The minimum atomic E-state index is -0.334. The van der Waals surface area contributed by atoms with Crippen LogP contribution in [0.25, 0.3) is 0 Å². The Balaban J connectivity index is 2.15. The fraction of sp³-hybridized carbons (Fsp3) is 0.588. The summed E-state index contributed by atoms with van der Waals surface area (Å²) in [5.41, 5.74) is 2.17. The molecule has 1 aromatic rings. The average molecular weight is 275 g/mol. The van der Waals surface area contributed by atoms with Gasteiger partial charge >= 0.3 is 5.97 Å². The highest BCUT2D eigenvalue weighted by Gasteiger charge is 2.26. The Kier molecular flexibility index (Phi) is 5.60. The number of ether oxygens (including phenoxy) is 1. The van der Waals surface area contributed by atoms with E-state index < -0.39 is 0 Å². The molecule has 110 valence electrons. The van der Waals surface area contributed by atoms with E-state index in [0.717, 1.165) is 24.0 Å². The average Bonchev–Trinajstić information content (AvgIpc) is 2.47. The molecule has 3 heteroatoms. The fourth-order valence-corrected chi connectivity index (χ4v) is 2.93. The number of carbonyl (C=O) groups excluding carboxylic acids is 1. The quantitative estimate of drug-likeness (QED) is 0.836. The third-order valence-corrected chi connectivity index (χ3v) is 4.03. The number of rotatable bonds is 5. The molecule has 1 aliphatic rings. The molecule has 1 unspecified atom stereocenters. The van der Waals surface area contributed by atoms with E-state index >= 15 is 0 Å². The number of aryl methyl sites for hydroxylation is 1. The van der Waals surface area contributed by atoms with Crippen LogP contribution in [0.2, 0.25) is 0 Å². The maximum atomic E-state index is 12.3. The molecule has 1 atom stereocenters. The van der Waals surface area contributed by atoms with E-state index in [-0.39, 0.29) is 12.0 Å². The lowest BCUT2D eigenvalue weighted by atomic mass is 9.93. The van der Waals surface area contributed by atoms with Crippen LogP contribution in [0.4, 0.5) is 0 Å². The molecule has 0 amide bonds. The van der Waals surface area contributed by atoms with Crippen LogP contribution in [0.1, 0.15) is 56.2 Å². The van der Waals surface area contributed by atoms with Crippen molar-refractivity contribution in [3.05, 3.63) is 35.4 Å². The van der Waals surface area contributed by atoms with E-state index in [1.54, 1.807) is 0 Å². The maximum Gasteiger partial charge on any atom is 0.327 e. The predicted molar refractivity (Wildman–Crippen MR) is 80.6 cm³/mol. The third-order valence-electron chi connectivity index (χ3n) is 4.03. The summed E-state index contributed by atoms with van der Waals surface area (Å²) in [6.07, 6.45) is 6.12. The number of carbonyl (C=O) groups is 1. The predicted octanol–water partition coefficient (Wildman–Crippen LogP) is 3.52. The largest absolute Gasteiger partial charge is 0.465 e. The highest BCUT2D eigenvalue weighted by atomic mass is 16.5. The van der Waals surface area contributed by atoms with E-state index in [4.69, 9.17) is 4.74 Å². The standard InChI is InChI=1S/C17H25NO2/c1-3-20-17(19)16(15-12-8-7-9-13(15)2)18-14-10-5-4-6-11-14/h7-9,12,14,16,18H,3-6,10-11H2,1-2H3. The van der Waals surface area contributed by atoms with Crippen LogP contribution in [0.3, 0.4) is 0 Å². The van der Waals surface area contributed by atoms with Gasteiger partial charge in [0.25, 0.3) is 0 Å². The second-order valence-electron chi connectivity index (χ2n) is 5.54. The highest BCUT2D eigenvalue weighted by Crippen LogP contribution is 2.24. The SMILES string of the molecule is CCOC(=O)C(NC1CCCCC1)c1ccccc1C. The summed E-state index contributed by atoms with van der Waals surface area (Å²) in [4.78, 5) is 12.3. The molecule has 0 aromatic heterocycles. The van der Waals surface area contributed by atoms with Gasteiger partial charge in [-0.25, -0.2) is 4.79 Å². The lowest BCUT2D eigenvalue weighted by Gasteiger charge is -2.28. The van der Waals surface area contributed by atoms with Gasteiger partial charge in [-0.3, -0.25) is 5.32 Å². The summed E-state index contributed by atoms with van der Waals surface area (Å²) < 4.78 is 5.25. The number of benzene rings is 1. The number of nitrogens with one attached hydrogen (secondary N) is 1. The summed E-state index contributed by atoms with van der Waals surface area (Å²) >= 11 is 0. The topological polar surface area (TPSA) is 38.3 Å². The summed E-state index contributed by atoms with van der Waals surface area (Å²) in [6.45, 7) is 4.32. The molecule has 0 radical (unpaired) electrons. The molecular weight excluding hydrogens is 250 g/mol. The first-order chi connectivity index (χ1) is 9.72. The van der Waals surface area contributed by atoms with Gasteiger partial charge in [-0.05, 0) is 37.8 Å². The molecule has 20 heavy (non-hydrogen) atoms. The molecule has 0 bridgehead atoms. The maximum absolute atomic E-state index is 12.3. The molecule has 1 fully saturated rings. The first-order valence-electron chi connectivity index (χ1n) is 7.70. The fourth-order valence-electron chi connectivity index (χ4n) is 2.93. The van der Waals surface area contributed by atoms with Crippen LogP contribution in [-0.4, -0.2) is 18.6 Å². The van der Waals surface area contributed by atoms with Crippen molar-refractivity contribution in [2.45, 2.75) is 58.0 Å². The van der Waals surface area contributed by atoms with Gasteiger partial charge in [-0.1, -0.05) is 43.5 Å². The van der Waals surface area contributed by atoms with E-state index in [9.17, 15) is 4.79 Å². The molecule has 2 rings (SSSR count). The van der Waals surface area contributed by atoms with Gasteiger partial charge in [0.1, 0.15) is 6.04 Å². The number of esters is 1. The Morgan fingerprint density at radius 2 is 2.00 bits per heavy atom. The van der Waals surface area contributed by atoms with Crippen molar-refractivity contribution in [2.24, 2.45) is 0 Å². The van der Waals surface area contributed by atoms with Gasteiger partial charge in [0.2, 0.25) is 0 Å². The minimum absolute atomic E-state index is 0.160.